The van der Waals surface area contributed by atoms with Gasteiger partial charge in [-0.15, -0.1) is 0 Å². The van der Waals surface area contributed by atoms with Gasteiger partial charge in [-0.05, 0) is 30.6 Å². The highest BCUT2D eigenvalue weighted by molar-refractivity contribution is 4.87. The fraction of sp³-hybridized carbons (Fsp3) is 1.00. The van der Waals surface area contributed by atoms with Crippen LogP contribution in [0.4, 0.5) is 0 Å². The second kappa shape index (κ2) is 7.34. The van der Waals surface area contributed by atoms with Gasteiger partial charge >= 0.3 is 0 Å². The second-order valence-electron chi connectivity index (χ2n) is 5.84. The first kappa shape index (κ1) is 14.9. The Morgan fingerprint density at radius 1 is 1.35 bits per heavy atom. The van der Waals surface area contributed by atoms with Crippen LogP contribution in [0.25, 0.3) is 0 Å². The minimum absolute atomic E-state index is 0.223. The Morgan fingerprint density at radius 3 is 2.53 bits per heavy atom. The molecular formula is C14H30N2O. The topological polar surface area (TPSA) is 47.3 Å². The molecule has 0 aliphatic heterocycles. The van der Waals surface area contributed by atoms with Crippen molar-refractivity contribution >= 4 is 0 Å². The normalized spacial score (nSPS) is 29.3. The molecule has 0 spiro atoms. The van der Waals surface area contributed by atoms with Crippen LogP contribution >= 0.6 is 0 Å². The zero-order valence-electron chi connectivity index (χ0n) is 11.9. The molecule has 3 nitrogen and oxygen atoms in total. The summed E-state index contributed by atoms with van der Waals surface area (Å²) in [4.78, 5) is 0. The van der Waals surface area contributed by atoms with Gasteiger partial charge in [-0.1, -0.05) is 40.0 Å². The second-order valence-corrected chi connectivity index (χ2v) is 5.84. The van der Waals surface area contributed by atoms with E-state index < -0.39 is 0 Å². The third-order valence-corrected chi connectivity index (χ3v) is 4.38. The molecule has 102 valence electrons. The number of hydrogen-bond donors (Lipinski definition) is 2. The predicted molar refractivity (Wildman–Crippen MR) is 72.5 cm³/mol. The Balaban J connectivity index is 2.65. The van der Waals surface area contributed by atoms with Crippen LogP contribution in [0.5, 0.6) is 0 Å². The highest BCUT2D eigenvalue weighted by atomic mass is 16.5. The van der Waals surface area contributed by atoms with E-state index in [1.807, 2.05) is 0 Å². The van der Waals surface area contributed by atoms with Crippen molar-refractivity contribution in [3.8, 4) is 0 Å². The summed E-state index contributed by atoms with van der Waals surface area (Å²) in [7, 11) is 1.80. The highest BCUT2D eigenvalue weighted by Gasteiger charge is 2.33. The van der Waals surface area contributed by atoms with Crippen molar-refractivity contribution < 1.29 is 4.74 Å². The van der Waals surface area contributed by atoms with Crippen LogP contribution < -0.4 is 11.3 Å². The van der Waals surface area contributed by atoms with Crippen LogP contribution in [-0.2, 0) is 4.74 Å². The van der Waals surface area contributed by atoms with Gasteiger partial charge in [0, 0.05) is 7.11 Å². The molecule has 0 bridgehead atoms. The van der Waals surface area contributed by atoms with Crippen LogP contribution in [0.3, 0.4) is 0 Å². The Labute approximate surface area is 106 Å². The monoisotopic (exact) mass is 242 g/mol. The summed E-state index contributed by atoms with van der Waals surface area (Å²) in [6, 6.07) is 0.300. The molecule has 0 aromatic carbocycles. The SMILES string of the molecule is CCC1CCCC(C(NN)C(OC)C(C)C)C1. The number of nitrogens with one attached hydrogen (secondary N) is 1. The van der Waals surface area contributed by atoms with Crippen LogP contribution in [0.1, 0.15) is 52.9 Å². The van der Waals surface area contributed by atoms with Crippen LogP contribution in [0, 0.1) is 17.8 Å². The molecule has 1 rings (SSSR count). The Morgan fingerprint density at radius 2 is 2.06 bits per heavy atom. The van der Waals surface area contributed by atoms with Gasteiger partial charge < -0.3 is 4.74 Å². The van der Waals surface area contributed by atoms with E-state index in [9.17, 15) is 0 Å². The standard InChI is InChI=1S/C14H30N2O/c1-5-11-7-6-8-12(9-11)13(16-15)14(17-4)10(2)3/h10-14,16H,5-9,15H2,1-4H3. The van der Waals surface area contributed by atoms with E-state index in [0.29, 0.717) is 17.9 Å². The summed E-state index contributed by atoms with van der Waals surface area (Å²) in [5.74, 6) is 7.83. The molecule has 1 saturated carbocycles. The van der Waals surface area contributed by atoms with E-state index in [4.69, 9.17) is 10.6 Å². The van der Waals surface area contributed by atoms with E-state index >= 15 is 0 Å². The van der Waals surface area contributed by atoms with Gasteiger partial charge in [-0.25, -0.2) is 0 Å². The third kappa shape index (κ3) is 3.94. The van der Waals surface area contributed by atoms with Crippen molar-refractivity contribution in [3.63, 3.8) is 0 Å². The van der Waals surface area contributed by atoms with Gasteiger partial charge in [0.15, 0.2) is 0 Å². The zero-order chi connectivity index (χ0) is 12.8. The summed E-state index contributed by atoms with van der Waals surface area (Å²) in [6.07, 6.45) is 6.85. The van der Waals surface area contributed by atoms with Crippen LogP contribution in [0.15, 0.2) is 0 Å². The van der Waals surface area contributed by atoms with Crippen molar-refractivity contribution in [2.75, 3.05) is 7.11 Å². The lowest BCUT2D eigenvalue weighted by Gasteiger charge is -2.38. The Bertz CT molecular complexity index is 208. The van der Waals surface area contributed by atoms with E-state index in [2.05, 4.69) is 26.2 Å². The molecular weight excluding hydrogens is 212 g/mol. The number of rotatable bonds is 6. The van der Waals surface area contributed by atoms with Crippen molar-refractivity contribution in [1.29, 1.82) is 0 Å². The van der Waals surface area contributed by atoms with Gasteiger partial charge in [-0.2, -0.15) is 0 Å². The van der Waals surface area contributed by atoms with Crippen molar-refractivity contribution in [2.24, 2.45) is 23.6 Å². The first-order chi connectivity index (χ1) is 8.13. The quantitative estimate of drug-likeness (QED) is 0.556. The maximum Gasteiger partial charge on any atom is 0.0763 e. The summed E-state index contributed by atoms with van der Waals surface area (Å²) in [6.45, 7) is 6.71. The summed E-state index contributed by atoms with van der Waals surface area (Å²) >= 11 is 0. The average Bonchev–Trinajstić information content (AvgIpc) is 2.35. The lowest BCUT2D eigenvalue weighted by atomic mass is 9.74. The maximum atomic E-state index is 5.77. The minimum atomic E-state index is 0.223. The van der Waals surface area contributed by atoms with Crippen LogP contribution in [-0.4, -0.2) is 19.3 Å². The third-order valence-electron chi connectivity index (χ3n) is 4.38. The Hall–Kier alpha value is -0.120. The zero-order valence-corrected chi connectivity index (χ0v) is 11.9. The largest absolute Gasteiger partial charge is 0.380 e. The number of hydrogen-bond acceptors (Lipinski definition) is 3. The molecule has 4 atom stereocenters. The highest BCUT2D eigenvalue weighted by Crippen LogP contribution is 2.34. The maximum absolute atomic E-state index is 5.77. The van der Waals surface area contributed by atoms with E-state index in [0.717, 1.165) is 5.92 Å². The molecule has 0 amide bonds. The van der Waals surface area contributed by atoms with Crippen molar-refractivity contribution in [3.05, 3.63) is 0 Å². The lowest BCUT2D eigenvalue weighted by molar-refractivity contribution is 0.00393. The number of hydrazine groups is 1. The fourth-order valence-electron chi connectivity index (χ4n) is 3.36. The van der Waals surface area contributed by atoms with E-state index in [1.165, 1.54) is 32.1 Å². The average molecular weight is 242 g/mol. The van der Waals surface area contributed by atoms with Gasteiger partial charge in [0.1, 0.15) is 0 Å². The number of methoxy groups -OCH3 is 1. The molecule has 0 radical (unpaired) electrons. The molecule has 17 heavy (non-hydrogen) atoms. The Kier molecular flexibility index (Phi) is 6.45. The molecule has 1 aliphatic carbocycles. The van der Waals surface area contributed by atoms with Crippen molar-refractivity contribution in [2.45, 2.75) is 65.0 Å². The van der Waals surface area contributed by atoms with Gasteiger partial charge in [0.2, 0.25) is 0 Å². The van der Waals surface area contributed by atoms with Gasteiger partial charge in [0.05, 0.1) is 12.1 Å². The van der Waals surface area contributed by atoms with E-state index in [-0.39, 0.29) is 6.10 Å². The molecule has 3 heteroatoms. The molecule has 0 saturated heterocycles. The molecule has 4 unspecified atom stereocenters. The van der Waals surface area contributed by atoms with Crippen molar-refractivity contribution in [1.82, 2.24) is 5.43 Å². The summed E-state index contributed by atoms with van der Waals surface area (Å²) < 4.78 is 5.64. The van der Waals surface area contributed by atoms with Crippen LogP contribution in [0.2, 0.25) is 0 Å². The molecule has 0 aromatic heterocycles. The predicted octanol–water partition coefficient (Wildman–Crippen LogP) is 2.71. The first-order valence-electron chi connectivity index (χ1n) is 7.12. The smallest absolute Gasteiger partial charge is 0.0763 e. The minimum Gasteiger partial charge on any atom is -0.380 e. The molecule has 1 aliphatic rings. The summed E-state index contributed by atoms with van der Waals surface area (Å²) in [5.41, 5.74) is 3.02. The molecule has 0 heterocycles. The first-order valence-corrected chi connectivity index (χ1v) is 7.12. The lowest BCUT2D eigenvalue weighted by Crippen LogP contribution is -2.52. The fourth-order valence-corrected chi connectivity index (χ4v) is 3.36. The molecule has 0 aromatic rings. The van der Waals surface area contributed by atoms with Gasteiger partial charge in [-0.3, -0.25) is 11.3 Å². The van der Waals surface area contributed by atoms with Gasteiger partial charge in [0.25, 0.3) is 0 Å². The molecule has 1 fully saturated rings. The number of ether oxygens (including phenoxy) is 1. The molecule has 3 N–H and O–H groups in total. The number of nitrogens with two attached hydrogens (primary N) is 1. The summed E-state index contributed by atoms with van der Waals surface area (Å²) in [5, 5.41) is 0. The van der Waals surface area contributed by atoms with E-state index in [1.54, 1.807) is 7.11 Å².